The van der Waals surface area contributed by atoms with E-state index in [2.05, 4.69) is 5.10 Å². The Bertz CT molecular complexity index is 887. The van der Waals surface area contributed by atoms with Gasteiger partial charge in [0.05, 0.1) is 5.52 Å². The summed E-state index contributed by atoms with van der Waals surface area (Å²) in [4.78, 5) is 0. The molecular formula is C18H17F3N2. The summed E-state index contributed by atoms with van der Waals surface area (Å²) < 4.78 is 44.3. The number of benzene rings is 2. The molecular weight excluding hydrogens is 301 g/mol. The number of rotatable bonds is 2. The van der Waals surface area contributed by atoms with Crippen LogP contribution in [0.5, 0.6) is 0 Å². The highest BCUT2D eigenvalue weighted by atomic mass is 19.1. The van der Waals surface area contributed by atoms with Crippen molar-refractivity contribution < 1.29 is 13.2 Å². The van der Waals surface area contributed by atoms with Crippen LogP contribution in [0.15, 0.2) is 24.4 Å². The zero-order valence-electron chi connectivity index (χ0n) is 13.4. The van der Waals surface area contributed by atoms with Gasteiger partial charge in [0.15, 0.2) is 0 Å². The molecule has 3 aromatic rings. The highest BCUT2D eigenvalue weighted by Gasteiger charge is 2.18. The molecule has 5 heteroatoms. The van der Waals surface area contributed by atoms with Gasteiger partial charge in [0, 0.05) is 29.8 Å². The number of nitrogens with zero attached hydrogens (tertiary/aromatic N) is 2. The second-order valence-corrected chi connectivity index (χ2v) is 6.10. The average molecular weight is 318 g/mol. The minimum atomic E-state index is -0.618. The van der Waals surface area contributed by atoms with Crippen LogP contribution in [0.25, 0.3) is 22.0 Å². The molecule has 0 aliphatic carbocycles. The van der Waals surface area contributed by atoms with Crippen molar-refractivity contribution in [2.75, 3.05) is 0 Å². The predicted molar refractivity (Wildman–Crippen MR) is 84.9 cm³/mol. The second-order valence-electron chi connectivity index (χ2n) is 6.10. The highest BCUT2D eigenvalue weighted by molar-refractivity contribution is 5.96. The molecule has 0 saturated carbocycles. The lowest BCUT2D eigenvalue weighted by Crippen LogP contribution is -1.99. The molecule has 0 bridgehead atoms. The maximum atomic E-state index is 14.3. The second kappa shape index (κ2) is 5.41. The van der Waals surface area contributed by atoms with E-state index >= 15 is 0 Å². The van der Waals surface area contributed by atoms with Gasteiger partial charge in [-0.05, 0) is 42.2 Å². The van der Waals surface area contributed by atoms with E-state index in [-0.39, 0.29) is 11.5 Å². The SMILES string of the molecule is Cc1c(F)cc(-c2cc(F)c(C(C)C)c(F)c2)c2cn(C)nc12. The van der Waals surface area contributed by atoms with Gasteiger partial charge in [0.2, 0.25) is 0 Å². The molecule has 0 N–H and O–H groups in total. The summed E-state index contributed by atoms with van der Waals surface area (Å²) in [5.74, 6) is -1.95. The molecule has 0 amide bonds. The van der Waals surface area contributed by atoms with Crippen LogP contribution in [0, 0.1) is 24.4 Å². The van der Waals surface area contributed by atoms with E-state index in [1.54, 1.807) is 38.7 Å². The van der Waals surface area contributed by atoms with Gasteiger partial charge in [-0.15, -0.1) is 0 Å². The summed E-state index contributed by atoms with van der Waals surface area (Å²) in [7, 11) is 1.73. The summed E-state index contributed by atoms with van der Waals surface area (Å²) in [5.41, 5.74) is 1.70. The van der Waals surface area contributed by atoms with Gasteiger partial charge < -0.3 is 0 Å². The van der Waals surface area contributed by atoms with Crippen molar-refractivity contribution in [2.24, 2.45) is 7.05 Å². The molecule has 1 aromatic heterocycles. The van der Waals surface area contributed by atoms with Crippen LogP contribution < -0.4 is 0 Å². The molecule has 2 nitrogen and oxygen atoms in total. The Hall–Kier alpha value is -2.30. The number of hydrogen-bond donors (Lipinski definition) is 0. The molecule has 0 fully saturated rings. The quantitative estimate of drug-likeness (QED) is 0.643. The maximum absolute atomic E-state index is 14.3. The van der Waals surface area contributed by atoms with Crippen molar-refractivity contribution in [2.45, 2.75) is 26.7 Å². The van der Waals surface area contributed by atoms with Crippen molar-refractivity contribution >= 4 is 10.9 Å². The largest absolute Gasteiger partial charge is 0.275 e. The fourth-order valence-corrected chi connectivity index (χ4v) is 2.92. The van der Waals surface area contributed by atoms with Crippen molar-refractivity contribution in [3.8, 4) is 11.1 Å². The Kier molecular flexibility index (Phi) is 3.66. The van der Waals surface area contributed by atoms with Crippen LogP contribution in [0.2, 0.25) is 0 Å². The van der Waals surface area contributed by atoms with Gasteiger partial charge >= 0.3 is 0 Å². The van der Waals surface area contributed by atoms with Crippen LogP contribution >= 0.6 is 0 Å². The van der Waals surface area contributed by atoms with E-state index in [0.29, 0.717) is 27.6 Å². The zero-order valence-corrected chi connectivity index (χ0v) is 13.4. The van der Waals surface area contributed by atoms with Gasteiger partial charge in [-0.1, -0.05) is 13.8 Å². The lowest BCUT2D eigenvalue weighted by Gasteiger charge is -2.12. The molecule has 0 atom stereocenters. The molecule has 0 radical (unpaired) electrons. The van der Waals surface area contributed by atoms with E-state index < -0.39 is 17.5 Å². The van der Waals surface area contributed by atoms with E-state index in [1.165, 1.54) is 18.2 Å². The standard InChI is InChI=1S/C18H17F3N2/c1-9(2)17-15(20)5-11(6-16(17)21)12-7-14(19)10(3)18-13(12)8-23(4)22-18/h5-9H,1-4H3. The third-order valence-corrected chi connectivity index (χ3v) is 4.07. The zero-order chi connectivity index (χ0) is 16.9. The smallest absolute Gasteiger partial charge is 0.130 e. The summed E-state index contributed by atoms with van der Waals surface area (Å²) in [6, 6.07) is 3.83. The van der Waals surface area contributed by atoms with Crippen molar-refractivity contribution in [3.63, 3.8) is 0 Å². The van der Waals surface area contributed by atoms with Crippen LogP contribution in [-0.4, -0.2) is 9.78 Å². The van der Waals surface area contributed by atoms with Gasteiger partial charge in [0.1, 0.15) is 17.5 Å². The maximum Gasteiger partial charge on any atom is 0.130 e. The molecule has 0 saturated heterocycles. The van der Waals surface area contributed by atoms with E-state index in [9.17, 15) is 13.2 Å². The third-order valence-electron chi connectivity index (χ3n) is 4.07. The molecule has 0 aliphatic heterocycles. The molecule has 0 spiro atoms. The van der Waals surface area contributed by atoms with Gasteiger partial charge in [-0.3, -0.25) is 4.68 Å². The van der Waals surface area contributed by atoms with E-state index in [4.69, 9.17) is 0 Å². The average Bonchev–Trinajstić information content (AvgIpc) is 2.83. The van der Waals surface area contributed by atoms with Crippen LogP contribution in [-0.2, 0) is 7.05 Å². The molecule has 3 rings (SSSR count). The van der Waals surface area contributed by atoms with Crippen molar-refractivity contribution in [1.82, 2.24) is 9.78 Å². The fraction of sp³-hybridized carbons (Fsp3) is 0.278. The van der Waals surface area contributed by atoms with Crippen LogP contribution in [0.1, 0.15) is 30.9 Å². The topological polar surface area (TPSA) is 17.8 Å². The third kappa shape index (κ3) is 2.50. The van der Waals surface area contributed by atoms with Gasteiger partial charge in [-0.25, -0.2) is 13.2 Å². The first-order valence-corrected chi connectivity index (χ1v) is 7.41. The van der Waals surface area contributed by atoms with Crippen LogP contribution in [0.4, 0.5) is 13.2 Å². The predicted octanol–water partition coefficient (Wildman–Crippen LogP) is 5.09. The van der Waals surface area contributed by atoms with Crippen molar-refractivity contribution in [1.29, 1.82) is 0 Å². The number of halogens is 3. The Morgan fingerprint density at radius 2 is 1.61 bits per heavy atom. The first kappa shape index (κ1) is 15.6. The summed E-state index contributed by atoms with van der Waals surface area (Å²) in [6.07, 6.45) is 1.73. The van der Waals surface area contributed by atoms with Crippen LogP contribution in [0.3, 0.4) is 0 Å². The summed E-state index contributed by atoms with van der Waals surface area (Å²) >= 11 is 0. The number of aromatic nitrogens is 2. The number of hydrogen-bond acceptors (Lipinski definition) is 1. The molecule has 2 aromatic carbocycles. The minimum Gasteiger partial charge on any atom is -0.275 e. The monoisotopic (exact) mass is 318 g/mol. The highest BCUT2D eigenvalue weighted by Crippen LogP contribution is 2.34. The Morgan fingerprint density at radius 1 is 1.00 bits per heavy atom. The van der Waals surface area contributed by atoms with Crippen molar-refractivity contribution in [3.05, 3.63) is 53.0 Å². The molecule has 0 aliphatic rings. The van der Waals surface area contributed by atoms with Gasteiger partial charge in [0.25, 0.3) is 0 Å². The van der Waals surface area contributed by atoms with E-state index in [1.807, 2.05) is 0 Å². The number of aryl methyl sites for hydroxylation is 2. The summed E-state index contributed by atoms with van der Waals surface area (Å²) in [6.45, 7) is 5.09. The summed E-state index contributed by atoms with van der Waals surface area (Å²) in [5, 5.41) is 4.91. The van der Waals surface area contributed by atoms with Gasteiger partial charge in [-0.2, -0.15) is 5.10 Å². The minimum absolute atomic E-state index is 0.0452. The lowest BCUT2D eigenvalue weighted by atomic mass is 9.95. The Balaban J connectivity index is 2.31. The first-order valence-electron chi connectivity index (χ1n) is 7.41. The lowest BCUT2D eigenvalue weighted by molar-refractivity contribution is 0.542. The number of fused-ring (bicyclic) bond motifs is 1. The molecule has 23 heavy (non-hydrogen) atoms. The molecule has 1 heterocycles. The fourth-order valence-electron chi connectivity index (χ4n) is 2.92. The Morgan fingerprint density at radius 3 is 2.17 bits per heavy atom. The molecule has 0 unspecified atom stereocenters. The first-order chi connectivity index (χ1) is 10.8. The normalized spacial score (nSPS) is 11.7. The Labute approximate surface area is 132 Å². The molecule has 120 valence electrons. The van der Waals surface area contributed by atoms with E-state index in [0.717, 1.165) is 0 Å².